The number of urea groups is 1. The van der Waals surface area contributed by atoms with Crippen molar-refractivity contribution in [3.63, 3.8) is 0 Å². The van der Waals surface area contributed by atoms with Gasteiger partial charge in [0.1, 0.15) is 5.84 Å². The number of carbonyl (C=O) groups excluding carboxylic acids is 1. The molecule has 3 aromatic carbocycles. The fourth-order valence-corrected chi connectivity index (χ4v) is 3.45. The van der Waals surface area contributed by atoms with Gasteiger partial charge in [-0.3, -0.25) is 0 Å². The number of aliphatic imine (C=N–C) groups is 1. The van der Waals surface area contributed by atoms with E-state index in [1.165, 1.54) is 5.56 Å². The van der Waals surface area contributed by atoms with E-state index >= 15 is 0 Å². The number of nitrogens with zero attached hydrogens (tertiary/aromatic N) is 2. The molecule has 0 saturated carbocycles. The van der Waals surface area contributed by atoms with Crippen molar-refractivity contribution in [2.24, 2.45) is 4.99 Å². The van der Waals surface area contributed by atoms with Crippen LogP contribution in [0.25, 0.3) is 0 Å². The predicted molar refractivity (Wildman–Crippen MR) is 116 cm³/mol. The van der Waals surface area contributed by atoms with E-state index in [0.717, 1.165) is 16.8 Å². The molecule has 1 aliphatic rings. The number of carbonyl (C=O) groups is 1. The topological polar surface area (TPSA) is 44.7 Å². The number of amides is 2. The van der Waals surface area contributed by atoms with Crippen molar-refractivity contribution in [1.82, 2.24) is 0 Å². The van der Waals surface area contributed by atoms with Crippen molar-refractivity contribution in [1.29, 1.82) is 0 Å². The van der Waals surface area contributed by atoms with Crippen molar-refractivity contribution in [2.45, 2.75) is 13.5 Å². The monoisotopic (exact) mass is 409 g/mol. The highest BCUT2D eigenvalue weighted by molar-refractivity contribution is 6.42. The van der Waals surface area contributed by atoms with Crippen LogP contribution in [0.3, 0.4) is 0 Å². The molecule has 28 heavy (non-hydrogen) atoms. The Labute approximate surface area is 173 Å². The highest BCUT2D eigenvalue weighted by atomic mass is 35.5. The summed E-state index contributed by atoms with van der Waals surface area (Å²) in [5, 5.41) is 3.56. The molecule has 3 aromatic rings. The maximum Gasteiger partial charge on any atom is 0.347 e. The quantitative estimate of drug-likeness (QED) is 0.539. The Morgan fingerprint density at radius 1 is 1.00 bits per heavy atom. The Balaban J connectivity index is 1.67. The number of nitrogens with one attached hydrogen (secondary N) is 1. The van der Waals surface area contributed by atoms with Gasteiger partial charge in [0, 0.05) is 16.9 Å². The van der Waals surface area contributed by atoms with Crippen molar-refractivity contribution in [3.8, 4) is 0 Å². The van der Waals surface area contributed by atoms with Gasteiger partial charge in [-0.2, -0.15) is 4.99 Å². The van der Waals surface area contributed by atoms with Crippen LogP contribution in [0.1, 0.15) is 16.7 Å². The summed E-state index contributed by atoms with van der Waals surface area (Å²) in [4.78, 5) is 19.0. The molecule has 0 aliphatic carbocycles. The maximum atomic E-state index is 12.6. The highest BCUT2D eigenvalue weighted by Crippen LogP contribution is 2.29. The lowest BCUT2D eigenvalue weighted by Crippen LogP contribution is -2.26. The van der Waals surface area contributed by atoms with Crippen LogP contribution in [0.5, 0.6) is 0 Å². The van der Waals surface area contributed by atoms with Crippen LogP contribution in [0.4, 0.5) is 16.2 Å². The lowest BCUT2D eigenvalue weighted by molar-refractivity contribution is 0.259. The molecule has 2 amide bonds. The minimum absolute atomic E-state index is 0.375. The smallest absolute Gasteiger partial charge is 0.321 e. The minimum Gasteiger partial charge on any atom is -0.321 e. The molecule has 4 rings (SSSR count). The summed E-state index contributed by atoms with van der Waals surface area (Å²) in [5.74, 6) is 0.622. The van der Waals surface area contributed by atoms with Gasteiger partial charge in [0.25, 0.3) is 0 Å². The molecule has 0 atom stereocenters. The zero-order chi connectivity index (χ0) is 19.7. The molecule has 1 heterocycles. The second kappa shape index (κ2) is 7.66. The van der Waals surface area contributed by atoms with Gasteiger partial charge in [-0.1, -0.05) is 65.2 Å². The molecule has 0 bridgehead atoms. The molecular formula is C22H17Cl2N3O. The van der Waals surface area contributed by atoms with Gasteiger partial charge in [-0.05, 0) is 42.8 Å². The molecule has 0 saturated heterocycles. The average molecular weight is 410 g/mol. The molecule has 0 unspecified atom stereocenters. The Morgan fingerprint density at radius 3 is 2.50 bits per heavy atom. The number of halogens is 2. The Morgan fingerprint density at radius 2 is 1.75 bits per heavy atom. The summed E-state index contributed by atoms with van der Waals surface area (Å²) in [6.45, 7) is 2.71. The number of anilines is 2. The number of aryl methyl sites for hydroxylation is 1. The Hall–Kier alpha value is -2.82. The van der Waals surface area contributed by atoms with E-state index in [-0.39, 0.29) is 0 Å². The zero-order valence-corrected chi connectivity index (χ0v) is 16.6. The second-order valence-corrected chi connectivity index (χ2v) is 7.39. The number of amidine groups is 1. The molecular weight excluding hydrogens is 393 g/mol. The number of benzene rings is 3. The summed E-state index contributed by atoms with van der Waals surface area (Å²) in [6, 6.07) is 20.6. The van der Waals surface area contributed by atoms with E-state index in [4.69, 9.17) is 23.2 Å². The average Bonchev–Trinajstić information content (AvgIpc) is 3.04. The number of hydrogen-bond donors (Lipinski definition) is 1. The Kier molecular flexibility index (Phi) is 5.07. The molecule has 6 heteroatoms. The van der Waals surface area contributed by atoms with E-state index in [0.29, 0.717) is 28.1 Å². The first-order valence-electron chi connectivity index (χ1n) is 8.78. The lowest BCUT2D eigenvalue weighted by Gasteiger charge is -2.19. The number of rotatable bonds is 2. The summed E-state index contributed by atoms with van der Waals surface area (Å²) in [5.41, 5.74) is 4.78. The molecule has 1 aliphatic heterocycles. The molecule has 0 radical (unpaired) electrons. The minimum atomic E-state index is -0.470. The summed E-state index contributed by atoms with van der Waals surface area (Å²) >= 11 is 12.0. The third kappa shape index (κ3) is 3.75. The van der Waals surface area contributed by atoms with Gasteiger partial charge < -0.3 is 10.2 Å². The van der Waals surface area contributed by atoms with Gasteiger partial charge in [-0.15, -0.1) is 0 Å². The van der Waals surface area contributed by atoms with Crippen LogP contribution in [-0.2, 0) is 6.54 Å². The van der Waals surface area contributed by atoms with Crippen LogP contribution in [-0.4, -0.2) is 11.9 Å². The molecule has 4 nitrogen and oxygen atoms in total. The first-order chi connectivity index (χ1) is 13.5. The van der Waals surface area contributed by atoms with Crippen LogP contribution >= 0.6 is 23.2 Å². The van der Waals surface area contributed by atoms with Gasteiger partial charge in [-0.25, -0.2) is 4.79 Å². The first kappa shape index (κ1) is 18.5. The van der Waals surface area contributed by atoms with E-state index in [2.05, 4.69) is 16.4 Å². The van der Waals surface area contributed by atoms with Gasteiger partial charge in [0.15, 0.2) is 0 Å². The Bertz CT molecular complexity index is 1080. The summed E-state index contributed by atoms with van der Waals surface area (Å²) in [7, 11) is 0. The molecule has 0 fully saturated rings. The lowest BCUT2D eigenvalue weighted by atomic mass is 10.1. The molecule has 140 valence electrons. The van der Waals surface area contributed by atoms with Crippen molar-refractivity contribution in [3.05, 3.63) is 93.5 Å². The number of fused-ring (bicyclic) bond motifs is 1. The van der Waals surface area contributed by atoms with Gasteiger partial charge in [0.2, 0.25) is 0 Å². The first-order valence-corrected chi connectivity index (χ1v) is 9.54. The van der Waals surface area contributed by atoms with Crippen molar-refractivity contribution >= 4 is 46.4 Å². The fraction of sp³-hybridized carbons (Fsp3) is 0.0909. The van der Waals surface area contributed by atoms with E-state index in [9.17, 15) is 4.79 Å². The normalized spacial score (nSPS) is 14.2. The standard InChI is InChI=1S/C22H17Cl2N3O/c1-14-6-9-17(10-7-14)27-13-15-4-2-3-5-18(15)21(27)26-22(28)25-16-8-11-19(23)20(24)12-16/h2-12H,13H2,1H3,(H,25,28)/b26-21+. The van der Waals surface area contributed by atoms with E-state index in [1.54, 1.807) is 18.2 Å². The van der Waals surface area contributed by atoms with Crippen LogP contribution in [0, 0.1) is 6.92 Å². The molecule has 0 spiro atoms. The highest BCUT2D eigenvalue weighted by Gasteiger charge is 2.27. The van der Waals surface area contributed by atoms with Crippen LogP contribution in [0.15, 0.2) is 71.7 Å². The predicted octanol–water partition coefficient (Wildman–Crippen LogP) is 6.30. The van der Waals surface area contributed by atoms with Crippen molar-refractivity contribution < 1.29 is 4.79 Å². The van der Waals surface area contributed by atoms with Crippen LogP contribution in [0.2, 0.25) is 10.0 Å². The fourth-order valence-electron chi connectivity index (χ4n) is 3.15. The molecule has 1 N–H and O–H groups in total. The van der Waals surface area contributed by atoms with Gasteiger partial charge >= 0.3 is 6.03 Å². The molecule has 0 aromatic heterocycles. The van der Waals surface area contributed by atoms with E-state index in [1.807, 2.05) is 54.3 Å². The largest absolute Gasteiger partial charge is 0.347 e. The van der Waals surface area contributed by atoms with E-state index < -0.39 is 6.03 Å². The van der Waals surface area contributed by atoms with Gasteiger partial charge in [0.05, 0.1) is 16.6 Å². The summed E-state index contributed by atoms with van der Waals surface area (Å²) < 4.78 is 0. The maximum absolute atomic E-state index is 12.6. The third-order valence-corrected chi connectivity index (χ3v) is 5.31. The number of hydrogen-bond acceptors (Lipinski definition) is 1. The SMILES string of the molecule is Cc1ccc(N2Cc3ccccc3/C2=N\C(=O)Nc2ccc(Cl)c(Cl)c2)cc1. The summed E-state index contributed by atoms with van der Waals surface area (Å²) in [6.07, 6.45) is 0. The van der Waals surface area contributed by atoms with Crippen molar-refractivity contribution in [2.75, 3.05) is 10.2 Å². The third-order valence-electron chi connectivity index (χ3n) is 4.57. The second-order valence-electron chi connectivity index (χ2n) is 6.57. The van der Waals surface area contributed by atoms with Crippen LogP contribution < -0.4 is 10.2 Å². The zero-order valence-electron chi connectivity index (χ0n) is 15.1.